The molecule has 1 saturated carbocycles. The third-order valence-electron chi connectivity index (χ3n) is 5.87. The number of rotatable bonds is 7. The lowest BCUT2D eigenvalue weighted by Gasteiger charge is -2.35. The SMILES string of the molecule is CSc1nc(C)c(CCC(=O)O[C@H](C)C(=O)N[C@H]2CCC[C@H](C)[C@@H]2C)c(C)n1. The molecule has 1 N–H and O–H groups in total. The van der Waals surface area contributed by atoms with Crippen LogP contribution in [-0.4, -0.2) is 40.2 Å². The van der Waals surface area contributed by atoms with E-state index in [1.807, 2.05) is 20.1 Å². The molecule has 0 bridgehead atoms. The molecule has 156 valence electrons. The predicted octanol–water partition coefficient (Wildman–Crippen LogP) is 3.62. The van der Waals surface area contributed by atoms with Gasteiger partial charge in [0, 0.05) is 23.9 Å². The summed E-state index contributed by atoms with van der Waals surface area (Å²) >= 11 is 1.50. The molecule has 2 rings (SSSR count). The first-order valence-corrected chi connectivity index (χ1v) is 11.3. The highest BCUT2D eigenvalue weighted by atomic mass is 32.2. The van der Waals surface area contributed by atoms with Crippen LogP contribution in [0.1, 0.15) is 63.4 Å². The maximum Gasteiger partial charge on any atom is 0.306 e. The highest BCUT2D eigenvalue weighted by Gasteiger charge is 2.30. The highest BCUT2D eigenvalue weighted by molar-refractivity contribution is 7.98. The molecule has 1 aromatic rings. The number of thioether (sulfide) groups is 1. The van der Waals surface area contributed by atoms with E-state index in [0.717, 1.165) is 34.9 Å². The Balaban J connectivity index is 1.84. The van der Waals surface area contributed by atoms with Gasteiger partial charge in [-0.2, -0.15) is 0 Å². The molecule has 0 spiro atoms. The summed E-state index contributed by atoms with van der Waals surface area (Å²) in [5.74, 6) is 0.457. The average molecular weight is 408 g/mol. The number of nitrogens with one attached hydrogen (secondary N) is 1. The van der Waals surface area contributed by atoms with Crippen LogP contribution < -0.4 is 5.32 Å². The van der Waals surface area contributed by atoms with Gasteiger partial charge in [-0.25, -0.2) is 9.97 Å². The minimum Gasteiger partial charge on any atom is -0.453 e. The molecule has 4 atom stereocenters. The first-order valence-electron chi connectivity index (χ1n) is 10.1. The molecule has 0 radical (unpaired) electrons. The van der Waals surface area contributed by atoms with Gasteiger partial charge in [0.15, 0.2) is 11.3 Å². The van der Waals surface area contributed by atoms with Crippen molar-refractivity contribution in [2.24, 2.45) is 11.8 Å². The Morgan fingerprint density at radius 3 is 2.46 bits per heavy atom. The van der Waals surface area contributed by atoms with Gasteiger partial charge in [0.25, 0.3) is 5.91 Å². The van der Waals surface area contributed by atoms with Crippen molar-refractivity contribution in [3.63, 3.8) is 0 Å². The number of nitrogens with zero attached hydrogens (tertiary/aromatic N) is 2. The minimum atomic E-state index is -0.783. The van der Waals surface area contributed by atoms with Crippen LogP contribution in [0.25, 0.3) is 0 Å². The Kier molecular flexibility index (Phi) is 8.28. The topological polar surface area (TPSA) is 81.2 Å². The zero-order valence-corrected chi connectivity index (χ0v) is 18.7. The van der Waals surface area contributed by atoms with Crippen molar-refractivity contribution in [2.45, 2.75) is 84.0 Å². The molecular formula is C21H33N3O3S. The van der Waals surface area contributed by atoms with E-state index in [4.69, 9.17) is 4.74 Å². The lowest BCUT2D eigenvalue weighted by molar-refractivity contribution is -0.155. The van der Waals surface area contributed by atoms with E-state index >= 15 is 0 Å². The summed E-state index contributed by atoms with van der Waals surface area (Å²) in [6.45, 7) is 9.90. The Morgan fingerprint density at radius 1 is 1.21 bits per heavy atom. The first kappa shape index (κ1) is 22.7. The van der Waals surface area contributed by atoms with Crippen LogP contribution in [0.5, 0.6) is 0 Å². The fourth-order valence-electron chi connectivity index (χ4n) is 3.78. The van der Waals surface area contributed by atoms with Crippen LogP contribution in [-0.2, 0) is 20.7 Å². The van der Waals surface area contributed by atoms with Crippen molar-refractivity contribution >= 4 is 23.6 Å². The lowest BCUT2D eigenvalue weighted by atomic mass is 9.78. The summed E-state index contributed by atoms with van der Waals surface area (Å²) in [5.41, 5.74) is 2.74. The van der Waals surface area contributed by atoms with Crippen LogP contribution in [0.3, 0.4) is 0 Å². The number of carbonyl (C=O) groups excluding carboxylic acids is 2. The molecule has 1 amide bonds. The Bertz CT molecular complexity index is 687. The van der Waals surface area contributed by atoms with Crippen molar-refractivity contribution in [3.8, 4) is 0 Å². The second-order valence-electron chi connectivity index (χ2n) is 7.87. The molecule has 6 nitrogen and oxygen atoms in total. The van der Waals surface area contributed by atoms with Crippen molar-refractivity contribution in [1.82, 2.24) is 15.3 Å². The van der Waals surface area contributed by atoms with E-state index in [9.17, 15) is 9.59 Å². The lowest BCUT2D eigenvalue weighted by Crippen LogP contribution is -2.47. The Hall–Kier alpha value is -1.63. The second kappa shape index (κ2) is 10.2. The Labute approximate surface area is 172 Å². The fourth-order valence-corrected chi connectivity index (χ4v) is 4.24. The smallest absolute Gasteiger partial charge is 0.306 e. The standard InChI is InChI=1S/C21H33N3O3S/c1-12-8-7-9-18(13(12)2)24-20(26)16(5)27-19(25)11-10-17-14(3)22-21(28-6)23-15(17)4/h12-13,16,18H,7-11H2,1-6H3,(H,24,26)/t12-,13-,16+,18-/m0/s1. The summed E-state index contributed by atoms with van der Waals surface area (Å²) in [7, 11) is 0. The number of amides is 1. The summed E-state index contributed by atoms with van der Waals surface area (Å²) < 4.78 is 5.37. The van der Waals surface area contributed by atoms with Gasteiger partial charge in [0.1, 0.15) is 0 Å². The normalized spacial score (nSPS) is 23.1. The molecule has 0 unspecified atom stereocenters. The van der Waals surface area contributed by atoms with E-state index in [2.05, 4.69) is 29.1 Å². The van der Waals surface area contributed by atoms with Gasteiger partial charge in [-0.3, -0.25) is 9.59 Å². The van der Waals surface area contributed by atoms with E-state index < -0.39 is 6.10 Å². The minimum absolute atomic E-state index is 0.162. The van der Waals surface area contributed by atoms with Crippen molar-refractivity contribution in [3.05, 3.63) is 17.0 Å². The van der Waals surface area contributed by atoms with Crippen molar-refractivity contribution < 1.29 is 14.3 Å². The van der Waals surface area contributed by atoms with Gasteiger partial charge >= 0.3 is 5.97 Å². The zero-order chi connectivity index (χ0) is 20.8. The number of hydrogen-bond acceptors (Lipinski definition) is 6. The van der Waals surface area contributed by atoms with Crippen LogP contribution in [0.2, 0.25) is 0 Å². The summed E-state index contributed by atoms with van der Waals surface area (Å²) in [6.07, 6.45) is 5.19. The summed E-state index contributed by atoms with van der Waals surface area (Å²) in [4.78, 5) is 33.5. The Morgan fingerprint density at radius 2 is 1.86 bits per heavy atom. The van der Waals surface area contributed by atoms with E-state index in [-0.39, 0.29) is 24.3 Å². The van der Waals surface area contributed by atoms with E-state index in [1.165, 1.54) is 18.2 Å². The number of carbonyl (C=O) groups is 2. The maximum atomic E-state index is 12.4. The molecule has 28 heavy (non-hydrogen) atoms. The van der Waals surface area contributed by atoms with Crippen LogP contribution in [0.4, 0.5) is 0 Å². The first-order chi connectivity index (χ1) is 13.2. The van der Waals surface area contributed by atoms with Crippen molar-refractivity contribution in [1.29, 1.82) is 0 Å². The summed E-state index contributed by atoms with van der Waals surface area (Å²) in [5, 5.41) is 3.80. The molecule has 1 aliphatic carbocycles. The maximum absolute atomic E-state index is 12.4. The van der Waals surface area contributed by atoms with Gasteiger partial charge in [-0.1, -0.05) is 38.5 Å². The third kappa shape index (κ3) is 5.93. The quantitative estimate of drug-likeness (QED) is 0.422. The molecule has 1 fully saturated rings. The van der Waals surface area contributed by atoms with E-state index in [1.54, 1.807) is 6.92 Å². The third-order valence-corrected chi connectivity index (χ3v) is 6.42. The van der Waals surface area contributed by atoms with E-state index in [0.29, 0.717) is 18.3 Å². The monoisotopic (exact) mass is 407 g/mol. The van der Waals surface area contributed by atoms with Gasteiger partial charge in [-0.15, -0.1) is 0 Å². The molecule has 7 heteroatoms. The number of aryl methyl sites for hydroxylation is 2. The van der Waals surface area contributed by atoms with Gasteiger partial charge in [0.2, 0.25) is 0 Å². The number of aromatic nitrogens is 2. The van der Waals surface area contributed by atoms with Crippen LogP contribution in [0.15, 0.2) is 5.16 Å². The molecular weight excluding hydrogens is 374 g/mol. The number of hydrogen-bond donors (Lipinski definition) is 1. The molecule has 0 saturated heterocycles. The summed E-state index contributed by atoms with van der Waals surface area (Å²) in [6, 6.07) is 0.162. The largest absolute Gasteiger partial charge is 0.453 e. The molecule has 1 aliphatic rings. The molecule has 1 heterocycles. The molecule has 1 aromatic heterocycles. The predicted molar refractivity (Wildman–Crippen MR) is 111 cm³/mol. The van der Waals surface area contributed by atoms with Gasteiger partial charge in [0.05, 0.1) is 0 Å². The van der Waals surface area contributed by atoms with Gasteiger partial charge in [-0.05, 0) is 57.3 Å². The highest BCUT2D eigenvalue weighted by Crippen LogP contribution is 2.29. The number of ether oxygens (including phenoxy) is 1. The average Bonchev–Trinajstić information content (AvgIpc) is 2.64. The van der Waals surface area contributed by atoms with Crippen molar-refractivity contribution in [2.75, 3.05) is 6.26 Å². The van der Waals surface area contributed by atoms with Crippen LogP contribution in [0, 0.1) is 25.7 Å². The fraction of sp³-hybridized carbons (Fsp3) is 0.714. The van der Waals surface area contributed by atoms with Gasteiger partial charge < -0.3 is 10.1 Å². The molecule has 0 aliphatic heterocycles. The molecule has 0 aromatic carbocycles. The zero-order valence-electron chi connectivity index (χ0n) is 17.9. The second-order valence-corrected chi connectivity index (χ2v) is 8.65. The van der Waals surface area contributed by atoms with Crippen LogP contribution >= 0.6 is 11.8 Å². The number of esters is 1.